The second-order valence-corrected chi connectivity index (χ2v) is 6.28. The zero-order valence-electron chi connectivity index (χ0n) is 12.8. The van der Waals surface area contributed by atoms with E-state index in [1.54, 1.807) is 7.11 Å². The van der Waals surface area contributed by atoms with Gasteiger partial charge in [-0.1, -0.05) is 48.5 Å². The summed E-state index contributed by atoms with van der Waals surface area (Å²) in [4.78, 5) is 0. The van der Waals surface area contributed by atoms with Crippen molar-refractivity contribution in [2.75, 3.05) is 7.11 Å². The molecule has 2 nitrogen and oxygen atoms in total. The number of ether oxygens (including phenoxy) is 2. The highest BCUT2D eigenvalue weighted by Crippen LogP contribution is 2.35. The molecule has 0 radical (unpaired) electrons. The summed E-state index contributed by atoms with van der Waals surface area (Å²) < 4.78 is 12.5. The molecule has 0 spiro atoms. The Kier molecular flexibility index (Phi) is 5.18. The minimum atomic E-state index is 0.576. The van der Waals surface area contributed by atoms with E-state index in [1.807, 2.05) is 42.5 Å². The lowest BCUT2D eigenvalue weighted by molar-refractivity contribution is 0.306. The zero-order chi connectivity index (χ0) is 16.1. The van der Waals surface area contributed by atoms with Crippen molar-refractivity contribution in [3.8, 4) is 22.6 Å². The van der Waals surface area contributed by atoms with Crippen LogP contribution in [0.25, 0.3) is 11.1 Å². The van der Waals surface area contributed by atoms with Gasteiger partial charge in [0.05, 0.1) is 7.11 Å². The van der Waals surface area contributed by atoms with Gasteiger partial charge in [-0.15, -0.1) is 0 Å². The van der Waals surface area contributed by atoms with E-state index in [-0.39, 0.29) is 0 Å². The Bertz CT molecular complexity index is 767. The monoisotopic (exact) mass is 416 g/mol. The third-order valence-corrected chi connectivity index (χ3v) is 4.49. The summed E-state index contributed by atoms with van der Waals surface area (Å²) in [6, 6.07) is 24.4. The SMILES string of the molecule is COc1cccc(I)c1-c1ccc(OCc2ccccc2)cc1. The van der Waals surface area contributed by atoms with Crippen molar-refractivity contribution in [1.82, 2.24) is 0 Å². The molecule has 0 aliphatic carbocycles. The third kappa shape index (κ3) is 3.85. The molecule has 3 aromatic rings. The van der Waals surface area contributed by atoms with Crippen LogP contribution in [0.1, 0.15) is 5.56 Å². The van der Waals surface area contributed by atoms with Crippen molar-refractivity contribution in [2.24, 2.45) is 0 Å². The summed E-state index contributed by atoms with van der Waals surface area (Å²) in [5.41, 5.74) is 3.40. The molecule has 0 bridgehead atoms. The first-order chi connectivity index (χ1) is 11.3. The number of hydrogen-bond donors (Lipinski definition) is 0. The van der Waals surface area contributed by atoms with E-state index in [9.17, 15) is 0 Å². The highest BCUT2D eigenvalue weighted by molar-refractivity contribution is 14.1. The molecule has 3 heteroatoms. The Balaban J connectivity index is 1.77. The number of methoxy groups -OCH3 is 1. The summed E-state index contributed by atoms with van der Waals surface area (Å²) in [5, 5.41) is 0. The van der Waals surface area contributed by atoms with Crippen molar-refractivity contribution in [3.63, 3.8) is 0 Å². The lowest BCUT2D eigenvalue weighted by Gasteiger charge is -2.12. The highest BCUT2D eigenvalue weighted by Gasteiger charge is 2.09. The Hall–Kier alpha value is -2.01. The van der Waals surface area contributed by atoms with E-state index < -0.39 is 0 Å². The Morgan fingerprint density at radius 1 is 0.826 bits per heavy atom. The average molecular weight is 416 g/mol. The van der Waals surface area contributed by atoms with Crippen LogP contribution in [0.5, 0.6) is 11.5 Å². The van der Waals surface area contributed by atoms with Gasteiger partial charge in [-0.3, -0.25) is 0 Å². The molecule has 0 fully saturated rings. The zero-order valence-corrected chi connectivity index (χ0v) is 15.0. The van der Waals surface area contributed by atoms with Gasteiger partial charge in [0.1, 0.15) is 18.1 Å². The first-order valence-electron chi connectivity index (χ1n) is 7.37. The summed E-state index contributed by atoms with van der Waals surface area (Å²) in [7, 11) is 1.70. The maximum absolute atomic E-state index is 5.84. The van der Waals surface area contributed by atoms with E-state index in [0.29, 0.717) is 6.61 Å². The van der Waals surface area contributed by atoms with E-state index in [1.165, 1.54) is 3.57 Å². The van der Waals surface area contributed by atoms with Crippen molar-refractivity contribution in [1.29, 1.82) is 0 Å². The second kappa shape index (κ2) is 7.51. The summed E-state index contributed by atoms with van der Waals surface area (Å²) >= 11 is 2.33. The van der Waals surface area contributed by atoms with Gasteiger partial charge in [-0.05, 0) is 58.0 Å². The number of halogens is 1. The van der Waals surface area contributed by atoms with Gasteiger partial charge in [-0.2, -0.15) is 0 Å². The fourth-order valence-corrected chi connectivity index (χ4v) is 3.20. The van der Waals surface area contributed by atoms with Gasteiger partial charge in [0.2, 0.25) is 0 Å². The maximum atomic E-state index is 5.84. The van der Waals surface area contributed by atoms with Crippen LogP contribution in [-0.4, -0.2) is 7.11 Å². The van der Waals surface area contributed by atoms with Crippen LogP contribution in [0.2, 0.25) is 0 Å². The normalized spacial score (nSPS) is 10.3. The minimum absolute atomic E-state index is 0.576. The molecule has 0 N–H and O–H groups in total. The number of benzene rings is 3. The van der Waals surface area contributed by atoms with Crippen LogP contribution >= 0.6 is 22.6 Å². The van der Waals surface area contributed by atoms with Gasteiger partial charge in [-0.25, -0.2) is 0 Å². The molecule has 0 aliphatic rings. The molecule has 116 valence electrons. The standard InChI is InChI=1S/C20H17IO2/c1-22-19-9-5-8-18(21)20(19)16-10-12-17(13-11-16)23-14-15-6-3-2-4-7-15/h2-13H,14H2,1H3. The molecule has 3 aromatic carbocycles. The average Bonchev–Trinajstić information content (AvgIpc) is 2.61. The fourth-order valence-electron chi connectivity index (χ4n) is 2.41. The fraction of sp³-hybridized carbons (Fsp3) is 0.100. The van der Waals surface area contributed by atoms with Crippen LogP contribution in [0.3, 0.4) is 0 Å². The summed E-state index contributed by atoms with van der Waals surface area (Å²) in [6.45, 7) is 0.576. The second-order valence-electron chi connectivity index (χ2n) is 5.12. The Morgan fingerprint density at radius 3 is 2.26 bits per heavy atom. The molecule has 0 heterocycles. The van der Waals surface area contributed by atoms with Crippen LogP contribution in [-0.2, 0) is 6.61 Å². The van der Waals surface area contributed by atoms with Crippen LogP contribution in [0.4, 0.5) is 0 Å². The molecular formula is C20H17IO2. The molecule has 0 atom stereocenters. The van der Waals surface area contributed by atoms with Crippen molar-refractivity contribution in [3.05, 3.63) is 81.9 Å². The van der Waals surface area contributed by atoms with Crippen molar-refractivity contribution in [2.45, 2.75) is 6.61 Å². The van der Waals surface area contributed by atoms with E-state index >= 15 is 0 Å². The van der Waals surface area contributed by atoms with E-state index in [4.69, 9.17) is 9.47 Å². The molecule has 0 saturated carbocycles. The number of hydrogen-bond acceptors (Lipinski definition) is 2. The number of rotatable bonds is 5. The molecule has 0 aromatic heterocycles. The first kappa shape index (κ1) is 15.9. The largest absolute Gasteiger partial charge is 0.496 e. The summed E-state index contributed by atoms with van der Waals surface area (Å²) in [5.74, 6) is 1.75. The van der Waals surface area contributed by atoms with Gasteiger partial charge in [0.15, 0.2) is 0 Å². The Morgan fingerprint density at radius 2 is 1.57 bits per heavy atom. The van der Waals surface area contributed by atoms with E-state index in [0.717, 1.165) is 28.2 Å². The van der Waals surface area contributed by atoms with Gasteiger partial charge >= 0.3 is 0 Å². The molecule has 0 unspecified atom stereocenters. The maximum Gasteiger partial charge on any atom is 0.127 e. The molecular weight excluding hydrogens is 399 g/mol. The van der Waals surface area contributed by atoms with Crippen LogP contribution in [0, 0.1) is 3.57 Å². The van der Waals surface area contributed by atoms with Gasteiger partial charge in [0.25, 0.3) is 0 Å². The van der Waals surface area contributed by atoms with Gasteiger partial charge in [0, 0.05) is 9.13 Å². The predicted octanol–water partition coefficient (Wildman–Crippen LogP) is 5.55. The molecule has 23 heavy (non-hydrogen) atoms. The van der Waals surface area contributed by atoms with Crippen LogP contribution in [0.15, 0.2) is 72.8 Å². The highest BCUT2D eigenvalue weighted by atomic mass is 127. The predicted molar refractivity (Wildman–Crippen MR) is 102 cm³/mol. The quantitative estimate of drug-likeness (QED) is 0.508. The van der Waals surface area contributed by atoms with Crippen molar-refractivity contribution < 1.29 is 9.47 Å². The minimum Gasteiger partial charge on any atom is -0.496 e. The molecule has 0 aliphatic heterocycles. The Labute approximate surface area is 150 Å². The van der Waals surface area contributed by atoms with Crippen molar-refractivity contribution >= 4 is 22.6 Å². The molecule has 3 rings (SSSR count). The van der Waals surface area contributed by atoms with Gasteiger partial charge < -0.3 is 9.47 Å². The first-order valence-corrected chi connectivity index (χ1v) is 8.45. The lowest BCUT2D eigenvalue weighted by Crippen LogP contribution is -1.95. The third-order valence-electron chi connectivity index (χ3n) is 3.59. The lowest BCUT2D eigenvalue weighted by atomic mass is 10.0. The van der Waals surface area contributed by atoms with Crippen LogP contribution < -0.4 is 9.47 Å². The smallest absolute Gasteiger partial charge is 0.127 e. The topological polar surface area (TPSA) is 18.5 Å². The van der Waals surface area contributed by atoms with E-state index in [2.05, 4.69) is 52.9 Å². The molecule has 0 amide bonds. The summed E-state index contributed by atoms with van der Waals surface area (Å²) in [6.07, 6.45) is 0. The molecule has 0 saturated heterocycles.